The molecule has 0 spiro atoms. The van der Waals surface area contributed by atoms with E-state index < -0.39 is 24.4 Å². The van der Waals surface area contributed by atoms with E-state index >= 15 is 0 Å². The Morgan fingerprint density at radius 3 is 2.26 bits per heavy atom. The number of nitrogens with two attached hydrogens (primary N) is 1. The maximum Gasteiger partial charge on any atom is 0.305 e. The first kappa shape index (κ1) is 20.3. The molecule has 23 heavy (non-hydrogen) atoms. The highest BCUT2D eigenvalue weighted by atomic mass is 16.5. The van der Waals surface area contributed by atoms with Gasteiger partial charge in [0.25, 0.3) is 0 Å². The van der Waals surface area contributed by atoms with E-state index in [2.05, 4.69) is 4.74 Å². The fourth-order valence-corrected chi connectivity index (χ4v) is 2.90. The summed E-state index contributed by atoms with van der Waals surface area (Å²) in [5, 5.41) is 28.8. The Bertz CT molecular complexity index is 339. The third-order valence-corrected chi connectivity index (χ3v) is 4.43. The third kappa shape index (κ3) is 6.73. The van der Waals surface area contributed by atoms with Gasteiger partial charge in [0.15, 0.2) is 0 Å². The van der Waals surface area contributed by atoms with Crippen LogP contribution in [-0.4, -0.2) is 65.5 Å². The molecule has 0 aliphatic carbocycles. The van der Waals surface area contributed by atoms with Crippen molar-refractivity contribution in [3.8, 4) is 0 Å². The van der Waals surface area contributed by atoms with Crippen molar-refractivity contribution < 1.29 is 29.6 Å². The number of unbranched alkanes of at least 4 members (excludes halogenated alkanes) is 5. The first-order chi connectivity index (χ1) is 11.0. The van der Waals surface area contributed by atoms with E-state index in [4.69, 9.17) is 15.6 Å². The molecule has 0 radical (unpaired) electrons. The number of aliphatic hydroxyl groups excluding tert-OH is 3. The highest BCUT2D eigenvalue weighted by molar-refractivity contribution is 5.68. The van der Waals surface area contributed by atoms with Crippen LogP contribution in [0.2, 0.25) is 0 Å². The summed E-state index contributed by atoms with van der Waals surface area (Å²) in [5.74, 6) is -0.160. The first-order valence-corrected chi connectivity index (χ1v) is 8.46. The van der Waals surface area contributed by atoms with Crippen molar-refractivity contribution in [3.63, 3.8) is 0 Å². The third-order valence-electron chi connectivity index (χ3n) is 4.43. The standard InChI is InChI=1S/C16H31NO6/c1-22-13(19)9-7-5-3-2-4-6-8-11-14(17)16(21)15(20)12(10-18)23-11/h11-12,14-16,18,20-21H,2-10,17H2,1H3/t11-,12?,14?,15-,16?/m0/s1. The van der Waals surface area contributed by atoms with Crippen LogP contribution in [0, 0.1) is 0 Å². The van der Waals surface area contributed by atoms with Gasteiger partial charge in [-0.05, 0) is 12.8 Å². The van der Waals surface area contributed by atoms with Crippen molar-refractivity contribution in [3.05, 3.63) is 0 Å². The predicted molar refractivity (Wildman–Crippen MR) is 84.7 cm³/mol. The molecule has 0 aromatic rings. The summed E-state index contributed by atoms with van der Waals surface area (Å²) in [5.41, 5.74) is 5.89. The summed E-state index contributed by atoms with van der Waals surface area (Å²) in [7, 11) is 1.40. The van der Waals surface area contributed by atoms with Crippen LogP contribution in [0.15, 0.2) is 0 Å². The van der Waals surface area contributed by atoms with Crippen LogP contribution in [0.3, 0.4) is 0 Å². The molecular formula is C16H31NO6. The first-order valence-electron chi connectivity index (χ1n) is 8.46. The molecule has 136 valence electrons. The van der Waals surface area contributed by atoms with Crippen LogP contribution >= 0.6 is 0 Å². The van der Waals surface area contributed by atoms with Gasteiger partial charge in [-0.3, -0.25) is 4.79 Å². The van der Waals surface area contributed by atoms with E-state index in [1.165, 1.54) is 7.11 Å². The van der Waals surface area contributed by atoms with Crippen molar-refractivity contribution in [1.29, 1.82) is 0 Å². The number of ether oxygens (including phenoxy) is 2. The highest BCUT2D eigenvalue weighted by Gasteiger charge is 2.41. The molecule has 0 amide bonds. The lowest BCUT2D eigenvalue weighted by Gasteiger charge is -2.41. The number of carbonyl (C=O) groups is 1. The SMILES string of the molecule is COC(=O)CCCCCCCC[C@@H]1OC(CO)[C@H](O)C(O)C1N. The normalized spacial score (nSPS) is 31.1. The molecule has 7 heteroatoms. The minimum Gasteiger partial charge on any atom is -0.469 e. The van der Waals surface area contributed by atoms with Gasteiger partial charge < -0.3 is 30.5 Å². The Morgan fingerprint density at radius 2 is 1.65 bits per heavy atom. The molecule has 5 N–H and O–H groups in total. The lowest BCUT2D eigenvalue weighted by atomic mass is 9.90. The van der Waals surface area contributed by atoms with Gasteiger partial charge in [-0.2, -0.15) is 0 Å². The average Bonchev–Trinajstić information content (AvgIpc) is 2.56. The van der Waals surface area contributed by atoms with Crippen LogP contribution in [0.1, 0.15) is 51.4 Å². The quantitative estimate of drug-likeness (QED) is 0.330. The van der Waals surface area contributed by atoms with E-state index in [-0.39, 0.29) is 18.7 Å². The monoisotopic (exact) mass is 333 g/mol. The largest absolute Gasteiger partial charge is 0.469 e. The average molecular weight is 333 g/mol. The number of aliphatic hydroxyl groups is 3. The zero-order valence-corrected chi connectivity index (χ0v) is 13.9. The molecule has 1 saturated heterocycles. The zero-order valence-electron chi connectivity index (χ0n) is 13.9. The second-order valence-electron chi connectivity index (χ2n) is 6.19. The molecular weight excluding hydrogens is 302 g/mol. The molecule has 1 rings (SSSR count). The van der Waals surface area contributed by atoms with Crippen molar-refractivity contribution in [2.75, 3.05) is 13.7 Å². The van der Waals surface area contributed by atoms with Crippen LogP contribution in [0.5, 0.6) is 0 Å². The van der Waals surface area contributed by atoms with Gasteiger partial charge in [0.1, 0.15) is 18.3 Å². The minimum absolute atomic E-state index is 0.160. The van der Waals surface area contributed by atoms with E-state index in [1.807, 2.05) is 0 Å². The number of esters is 1. The van der Waals surface area contributed by atoms with Gasteiger partial charge in [0, 0.05) is 6.42 Å². The van der Waals surface area contributed by atoms with Crippen molar-refractivity contribution >= 4 is 5.97 Å². The molecule has 7 nitrogen and oxygen atoms in total. The predicted octanol–water partition coefficient (Wildman–Crippen LogP) is 0.0890. The second kappa shape index (κ2) is 10.9. The summed E-state index contributed by atoms with van der Waals surface area (Å²) < 4.78 is 10.2. The lowest BCUT2D eigenvalue weighted by molar-refractivity contribution is -0.190. The Balaban J connectivity index is 2.12. The number of methoxy groups -OCH3 is 1. The molecule has 0 aromatic heterocycles. The summed E-state index contributed by atoms with van der Waals surface area (Å²) >= 11 is 0. The summed E-state index contributed by atoms with van der Waals surface area (Å²) in [4.78, 5) is 10.9. The molecule has 5 atom stereocenters. The molecule has 1 aliphatic heterocycles. The maximum absolute atomic E-state index is 10.9. The topological polar surface area (TPSA) is 122 Å². The second-order valence-corrected chi connectivity index (χ2v) is 6.19. The van der Waals surface area contributed by atoms with Gasteiger partial charge in [-0.25, -0.2) is 0 Å². The molecule has 1 aliphatic rings. The summed E-state index contributed by atoms with van der Waals surface area (Å²) in [6.07, 6.45) is 3.78. The molecule has 0 saturated carbocycles. The van der Waals surface area contributed by atoms with Gasteiger partial charge in [0.2, 0.25) is 0 Å². The van der Waals surface area contributed by atoms with Crippen molar-refractivity contribution in [1.82, 2.24) is 0 Å². The van der Waals surface area contributed by atoms with Gasteiger partial charge in [-0.1, -0.05) is 32.1 Å². The smallest absolute Gasteiger partial charge is 0.305 e. The lowest BCUT2D eigenvalue weighted by Crippen LogP contribution is -2.61. The number of carbonyl (C=O) groups excluding carboxylic acids is 1. The van der Waals surface area contributed by atoms with E-state index in [0.717, 1.165) is 38.5 Å². The number of hydrogen-bond donors (Lipinski definition) is 4. The minimum atomic E-state index is -1.14. The van der Waals surface area contributed by atoms with Crippen LogP contribution < -0.4 is 5.73 Å². The fourth-order valence-electron chi connectivity index (χ4n) is 2.90. The van der Waals surface area contributed by atoms with E-state index in [1.54, 1.807) is 0 Å². The Labute approximate surface area is 137 Å². The maximum atomic E-state index is 10.9. The molecule has 0 aromatic carbocycles. The fraction of sp³-hybridized carbons (Fsp3) is 0.938. The Morgan fingerprint density at radius 1 is 1.04 bits per heavy atom. The molecule has 1 fully saturated rings. The van der Waals surface area contributed by atoms with Crippen LogP contribution in [0.25, 0.3) is 0 Å². The van der Waals surface area contributed by atoms with Crippen molar-refractivity contribution in [2.24, 2.45) is 5.73 Å². The van der Waals surface area contributed by atoms with Gasteiger partial charge >= 0.3 is 5.97 Å². The molecule has 3 unspecified atom stereocenters. The summed E-state index contributed by atoms with van der Waals surface area (Å²) in [6.45, 7) is -0.332. The van der Waals surface area contributed by atoms with Gasteiger partial charge in [-0.15, -0.1) is 0 Å². The highest BCUT2D eigenvalue weighted by Crippen LogP contribution is 2.23. The Hall–Kier alpha value is -0.730. The van der Waals surface area contributed by atoms with Crippen molar-refractivity contribution in [2.45, 2.75) is 81.8 Å². The number of hydrogen-bond acceptors (Lipinski definition) is 7. The van der Waals surface area contributed by atoms with E-state index in [0.29, 0.717) is 12.8 Å². The van der Waals surface area contributed by atoms with Crippen LogP contribution in [-0.2, 0) is 14.3 Å². The molecule has 0 bridgehead atoms. The van der Waals surface area contributed by atoms with Crippen LogP contribution in [0.4, 0.5) is 0 Å². The summed E-state index contributed by atoms with van der Waals surface area (Å²) in [6, 6.07) is -0.632. The zero-order chi connectivity index (χ0) is 17.2. The molecule has 1 heterocycles. The Kier molecular flexibility index (Phi) is 9.66. The van der Waals surface area contributed by atoms with Gasteiger partial charge in [0.05, 0.1) is 25.9 Å². The number of rotatable bonds is 10. The van der Waals surface area contributed by atoms with E-state index in [9.17, 15) is 15.0 Å².